The number of halogens is 1. The highest BCUT2D eigenvalue weighted by Crippen LogP contribution is 2.23. The predicted octanol–water partition coefficient (Wildman–Crippen LogP) is 2.64. The van der Waals surface area contributed by atoms with Gasteiger partial charge < -0.3 is 10.2 Å². The molecular weight excluding hydrogens is 252 g/mol. The van der Waals surface area contributed by atoms with Crippen molar-refractivity contribution in [3.63, 3.8) is 0 Å². The first-order valence-corrected chi connectivity index (χ1v) is 4.97. The van der Waals surface area contributed by atoms with E-state index in [9.17, 15) is 0 Å². The maximum absolute atomic E-state index is 8.48. The SMILES string of the molecule is [2H]C([2H])([2H])C1([2H])NC([2H])([2H])C([2H])(C([2H])([2H])[2H])N(c2cccc(Br)c2)C1([2H])[2H]. The van der Waals surface area contributed by atoms with Crippen LogP contribution in [0.2, 0.25) is 0 Å². The van der Waals surface area contributed by atoms with Crippen LogP contribution in [0.3, 0.4) is 0 Å². The van der Waals surface area contributed by atoms with Gasteiger partial charge in [-0.05, 0) is 31.9 Å². The van der Waals surface area contributed by atoms with E-state index in [4.69, 9.17) is 16.4 Å². The third-order valence-electron chi connectivity index (χ3n) is 1.82. The predicted molar refractivity (Wildman–Crippen MR) is 68.4 cm³/mol. The Bertz CT molecular complexity index is 732. The van der Waals surface area contributed by atoms with Gasteiger partial charge in [0.25, 0.3) is 0 Å². The topological polar surface area (TPSA) is 15.3 Å². The molecule has 1 heterocycles. The summed E-state index contributed by atoms with van der Waals surface area (Å²) in [6.07, 6.45) is 0. The van der Waals surface area contributed by atoms with E-state index in [1.54, 1.807) is 5.32 Å². The van der Waals surface area contributed by atoms with Crippen molar-refractivity contribution in [1.29, 1.82) is 0 Å². The van der Waals surface area contributed by atoms with Crippen molar-refractivity contribution < 1.29 is 16.4 Å². The van der Waals surface area contributed by atoms with E-state index in [1.807, 2.05) is 0 Å². The first kappa shape index (κ1) is 3.47. The van der Waals surface area contributed by atoms with Gasteiger partial charge in [0.1, 0.15) is 0 Å². The second-order valence-corrected chi connectivity index (χ2v) is 3.82. The normalized spacial score (nSPS) is 56.7. The minimum absolute atomic E-state index is 0.230. The lowest BCUT2D eigenvalue weighted by molar-refractivity contribution is 0.425. The molecule has 15 heavy (non-hydrogen) atoms. The summed E-state index contributed by atoms with van der Waals surface area (Å²) in [4.78, 5) is 0.230. The Morgan fingerprint density at radius 1 is 1.67 bits per heavy atom. The van der Waals surface area contributed by atoms with Crippen molar-refractivity contribution in [1.82, 2.24) is 5.32 Å². The van der Waals surface area contributed by atoms with Crippen molar-refractivity contribution in [2.45, 2.75) is 25.7 Å². The fraction of sp³-hybridized carbons (Fsp3) is 0.500. The van der Waals surface area contributed by atoms with Gasteiger partial charge in [-0.1, -0.05) is 22.0 Å². The third-order valence-corrected chi connectivity index (χ3v) is 2.31. The summed E-state index contributed by atoms with van der Waals surface area (Å²) < 4.78 is 95.8. The van der Waals surface area contributed by atoms with Crippen LogP contribution in [0.1, 0.15) is 30.2 Å². The average Bonchev–Trinajstić information content (AvgIpc) is 2.42. The molecule has 0 radical (unpaired) electrons. The zero-order valence-corrected chi connectivity index (χ0v) is 9.22. The van der Waals surface area contributed by atoms with E-state index < -0.39 is 38.7 Å². The summed E-state index contributed by atoms with van der Waals surface area (Å²) in [6.45, 7) is -13.4. The van der Waals surface area contributed by atoms with E-state index in [2.05, 4.69) is 15.9 Å². The lowest BCUT2D eigenvalue weighted by Crippen LogP contribution is -2.54. The summed E-state index contributed by atoms with van der Waals surface area (Å²) >= 11 is 3.13. The Morgan fingerprint density at radius 3 is 3.33 bits per heavy atom. The molecule has 1 aliphatic rings. The number of benzene rings is 1. The monoisotopic (exact) mass is 280 g/mol. The average molecular weight is 281 g/mol. The fourth-order valence-corrected chi connectivity index (χ4v) is 1.57. The van der Waals surface area contributed by atoms with Crippen molar-refractivity contribution in [3.05, 3.63) is 28.7 Å². The molecule has 0 bridgehead atoms. The highest BCUT2D eigenvalue weighted by molar-refractivity contribution is 9.10. The quantitative estimate of drug-likeness (QED) is 0.851. The van der Waals surface area contributed by atoms with Gasteiger partial charge in [0.2, 0.25) is 0 Å². The first-order valence-electron chi connectivity index (χ1n) is 10.2. The molecule has 0 amide bonds. The van der Waals surface area contributed by atoms with E-state index in [1.165, 1.54) is 24.3 Å². The lowest BCUT2D eigenvalue weighted by atomic mass is 10.1. The van der Waals surface area contributed by atoms with Crippen molar-refractivity contribution in [2.75, 3.05) is 17.9 Å². The molecule has 82 valence electrons. The summed E-state index contributed by atoms with van der Waals surface area (Å²) in [6, 6.07) is -1.16. The number of hydrogen-bond acceptors (Lipinski definition) is 2. The molecule has 0 saturated carbocycles. The number of nitrogens with one attached hydrogen (secondary N) is 1. The molecule has 2 unspecified atom stereocenters. The number of piperazine rings is 1. The number of hydrogen-bond donors (Lipinski definition) is 1. The van der Waals surface area contributed by atoms with E-state index in [-0.39, 0.29) is 10.6 Å². The molecule has 1 fully saturated rings. The van der Waals surface area contributed by atoms with Crippen molar-refractivity contribution >= 4 is 21.6 Å². The van der Waals surface area contributed by atoms with Crippen LogP contribution in [-0.2, 0) is 0 Å². The second-order valence-electron chi connectivity index (χ2n) is 2.90. The molecule has 1 aromatic carbocycles. The molecule has 1 aromatic rings. The van der Waals surface area contributed by atoms with Gasteiger partial charge >= 0.3 is 0 Å². The number of anilines is 1. The summed E-state index contributed by atoms with van der Waals surface area (Å²) in [5, 5.41) is 1.67. The van der Waals surface area contributed by atoms with Crippen LogP contribution < -0.4 is 10.2 Å². The molecule has 1 N–H and O–H groups in total. The highest BCUT2D eigenvalue weighted by Gasteiger charge is 2.22. The zero-order chi connectivity index (χ0) is 21.3. The van der Waals surface area contributed by atoms with Gasteiger partial charge in [0.05, 0.1) is 4.11 Å². The van der Waals surface area contributed by atoms with Gasteiger partial charge in [-0.15, -0.1) is 0 Å². The van der Waals surface area contributed by atoms with Gasteiger partial charge in [-0.3, -0.25) is 0 Å². The van der Waals surface area contributed by atoms with Crippen molar-refractivity contribution in [2.24, 2.45) is 0 Å². The van der Waals surface area contributed by atoms with Crippen LogP contribution in [0.25, 0.3) is 0 Å². The summed E-state index contributed by atoms with van der Waals surface area (Å²) in [5.74, 6) is 0. The maximum Gasteiger partial charge on any atom is 0.0540 e. The lowest BCUT2D eigenvalue weighted by Gasteiger charge is -2.39. The van der Waals surface area contributed by atoms with Crippen LogP contribution in [0, 0.1) is 0 Å². The summed E-state index contributed by atoms with van der Waals surface area (Å²) in [7, 11) is 0. The highest BCUT2D eigenvalue weighted by atomic mass is 79.9. The Balaban J connectivity index is 2.92. The maximum atomic E-state index is 8.48. The molecule has 2 atom stereocenters. The van der Waals surface area contributed by atoms with Crippen LogP contribution in [0.5, 0.6) is 0 Å². The Hall–Kier alpha value is -0.540. The molecule has 2 rings (SSSR count). The van der Waals surface area contributed by atoms with Gasteiger partial charge in [0, 0.05) is 47.5 Å². The Labute approximate surface area is 117 Å². The van der Waals surface area contributed by atoms with Gasteiger partial charge in [-0.2, -0.15) is 0 Å². The smallest absolute Gasteiger partial charge is 0.0540 e. The Kier molecular flexibility index (Phi) is 1.05. The van der Waals surface area contributed by atoms with E-state index in [0.717, 1.165) is 0 Å². The van der Waals surface area contributed by atoms with Crippen LogP contribution in [-0.4, -0.2) is 25.0 Å². The molecule has 0 aliphatic carbocycles. The molecular formula is C12H17BrN2. The largest absolute Gasteiger partial charge is 0.366 e. The fourth-order valence-electron chi connectivity index (χ4n) is 1.18. The number of nitrogens with zero attached hydrogens (tertiary/aromatic N) is 1. The molecule has 0 aromatic heterocycles. The summed E-state index contributed by atoms with van der Waals surface area (Å²) in [5.41, 5.74) is -0.258. The zero-order valence-electron chi connectivity index (χ0n) is 19.6. The Morgan fingerprint density at radius 2 is 2.60 bits per heavy atom. The third kappa shape index (κ3) is 2.52. The van der Waals surface area contributed by atoms with Gasteiger partial charge in [-0.25, -0.2) is 0 Å². The van der Waals surface area contributed by atoms with Crippen LogP contribution in [0.4, 0.5) is 5.69 Å². The van der Waals surface area contributed by atoms with Gasteiger partial charge in [0.15, 0.2) is 0 Å². The molecule has 1 aliphatic heterocycles. The van der Waals surface area contributed by atoms with Crippen molar-refractivity contribution in [3.8, 4) is 0 Å². The second kappa shape index (κ2) is 4.54. The minimum Gasteiger partial charge on any atom is -0.366 e. The van der Waals surface area contributed by atoms with E-state index >= 15 is 0 Å². The van der Waals surface area contributed by atoms with Crippen LogP contribution in [0.15, 0.2) is 28.7 Å². The standard InChI is InChI=1S/C12H17BrN2/c1-9-8-15(10(2)7-14-9)12-5-3-4-11(13)6-12/h3-6,9-10,14H,7-8H2,1-2H3/i1D3,2D3,7D2,8D2,9D,10D. The first-order chi connectivity index (χ1) is 11.8. The number of rotatable bonds is 1. The van der Waals surface area contributed by atoms with E-state index in [0.29, 0.717) is 4.47 Å². The molecule has 0 spiro atoms. The van der Waals surface area contributed by atoms with Crippen LogP contribution >= 0.6 is 15.9 Å². The minimum atomic E-state index is -3.41. The molecule has 1 saturated heterocycles. The molecule has 3 heteroatoms. The molecule has 2 nitrogen and oxygen atoms in total.